The molecule has 3 aromatic rings. The summed E-state index contributed by atoms with van der Waals surface area (Å²) in [6.45, 7) is 2.24. The van der Waals surface area contributed by atoms with E-state index in [1.165, 1.54) is 18.5 Å². The summed E-state index contributed by atoms with van der Waals surface area (Å²) in [5.41, 5.74) is 3.07. The average molecular weight is 495 g/mol. The Kier molecular flexibility index (Phi) is 6.69. The van der Waals surface area contributed by atoms with E-state index in [-0.39, 0.29) is 23.3 Å². The summed E-state index contributed by atoms with van der Waals surface area (Å²) >= 11 is 0. The van der Waals surface area contributed by atoms with Crippen molar-refractivity contribution in [2.75, 3.05) is 22.9 Å². The predicted octanol–water partition coefficient (Wildman–Crippen LogP) is 5.98. The maximum Gasteiger partial charge on any atom is 0.270 e. The number of amides is 1. The molecule has 0 bridgehead atoms. The van der Waals surface area contributed by atoms with Gasteiger partial charge >= 0.3 is 0 Å². The van der Waals surface area contributed by atoms with Crippen molar-refractivity contribution in [2.24, 2.45) is 0 Å². The zero-order chi connectivity index (χ0) is 25.3. The number of hydrogen-bond donors (Lipinski definition) is 0. The zero-order valence-corrected chi connectivity index (χ0v) is 20.3. The predicted molar refractivity (Wildman–Crippen MR) is 133 cm³/mol. The van der Waals surface area contributed by atoms with Crippen LogP contribution in [0.4, 0.5) is 24.7 Å². The number of carbonyl (C=O) groups excluding carboxylic acids is 1. The van der Waals surface area contributed by atoms with Crippen LogP contribution in [0.2, 0.25) is 0 Å². The van der Waals surface area contributed by atoms with Crippen LogP contribution in [0.15, 0.2) is 54.9 Å². The molecule has 0 saturated carbocycles. The molecule has 36 heavy (non-hydrogen) atoms. The van der Waals surface area contributed by atoms with Crippen molar-refractivity contribution in [3.63, 3.8) is 0 Å². The molecule has 1 amide bonds. The summed E-state index contributed by atoms with van der Waals surface area (Å²) in [5.74, 6) is -2.95. The minimum atomic E-state index is -2.90. The first kappa shape index (κ1) is 24.3. The van der Waals surface area contributed by atoms with Crippen molar-refractivity contribution in [1.82, 2.24) is 9.97 Å². The van der Waals surface area contributed by atoms with Gasteiger partial charge in [0.25, 0.3) is 5.92 Å². The molecule has 5 nitrogen and oxygen atoms in total. The SMILES string of the molecule is CC(F)(F)c1ccc(C2CCCN2c2ncnc(CCc3cccc(N4CCCC4=O)c3)c2F)cc1. The highest BCUT2D eigenvalue weighted by atomic mass is 19.3. The Balaban J connectivity index is 1.32. The largest absolute Gasteiger partial charge is 0.347 e. The molecular formula is C28H29F3N4O. The highest BCUT2D eigenvalue weighted by molar-refractivity contribution is 5.95. The number of aryl methyl sites for hydroxylation is 2. The van der Waals surface area contributed by atoms with Gasteiger partial charge in [-0.1, -0.05) is 36.4 Å². The standard InChI is InChI=1S/C28H29F3N4O/c1-28(30,31)21-12-10-20(11-13-21)24-7-3-16-35(24)27-26(29)23(32-18-33-27)14-9-19-5-2-6-22(17-19)34-15-4-8-25(34)36/h2,5-6,10-13,17-18,24H,3-4,7-9,14-16H2,1H3. The van der Waals surface area contributed by atoms with Gasteiger partial charge < -0.3 is 9.80 Å². The van der Waals surface area contributed by atoms with E-state index in [0.29, 0.717) is 31.5 Å². The molecule has 2 fully saturated rings. The summed E-state index contributed by atoms with van der Waals surface area (Å²) in [4.78, 5) is 24.3. The van der Waals surface area contributed by atoms with Crippen molar-refractivity contribution in [1.29, 1.82) is 0 Å². The van der Waals surface area contributed by atoms with Crippen molar-refractivity contribution in [3.8, 4) is 0 Å². The van der Waals surface area contributed by atoms with Gasteiger partial charge in [0.2, 0.25) is 5.91 Å². The number of nitrogens with zero attached hydrogens (tertiary/aromatic N) is 4. The first-order valence-electron chi connectivity index (χ1n) is 12.4. The van der Waals surface area contributed by atoms with Crippen LogP contribution in [0.1, 0.15) is 61.0 Å². The molecule has 0 aliphatic carbocycles. The van der Waals surface area contributed by atoms with Gasteiger partial charge in [0.15, 0.2) is 11.6 Å². The minimum absolute atomic E-state index is 0.0375. The van der Waals surface area contributed by atoms with E-state index in [0.717, 1.165) is 49.5 Å². The fourth-order valence-electron chi connectivity index (χ4n) is 5.20. The Hall–Kier alpha value is -3.42. The molecule has 1 aromatic heterocycles. The van der Waals surface area contributed by atoms with Crippen molar-refractivity contribution in [3.05, 3.63) is 83.1 Å². The summed E-state index contributed by atoms with van der Waals surface area (Å²) < 4.78 is 42.8. The Morgan fingerprint density at radius 2 is 1.83 bits per heavy atom. The molecule has 0 radical (unpaired) electrons. The van der Waals surface area contributed by atoms with Gasteiger partial charge in [0.05, 0.1) is 11.7 Å². The lowest BCUT2D eigenvalue weighted by Gasteiger charge is -2.27. The Bertz CT molecular complexity index is 1240. The fraction of sp³-hybridized carbons (Fsp3) is 0.393. The normalized spacial score (nSPS) is 18.3. The van der Waals surface area contributed by atoms with Crippen molar-refractivity contribution in [2.45, 2.75) is 57.4 Å². The Morgan fingerprint density at radius 1 is 1.03 bits per heavy atom. The first-order valence-corrected chi connectivity index (χ1v) is 12.4. The third kappa shape index (κ3) is 4.94. The van der Waals surface area contributed by atoms with Crippen LogP contribution < -0.4 is 9.80 Å². The number of hydrogen-bond acceptors (Lipinski definition) is 4. The molecule has 5 rings (SSSR count). The van der Waals surface area contributed by atoms with Crippen LogP contribution in [0.25, 0.3) is 0 Å². The number of carbonyl (C=O) groups is 1. The minimum Gasteiger partial charge on any atom is -0.347 e. The van der Waals surface area contributed by atoms with Crippen molar-refractivity contribution >= 4 is 17.4 Å². The van der Waals surface area contributed by atoms with Crippen LogP contribution in [0.3, 0.4) is 0 Å². The lowest BCUT2D eigenvalue weighted by atomic mass is 10.0. The molecule has 2 aliphatic rings. The number of anilines is 2. The molecule has 2 saturated heterocycles. The smallest absolute Gasteiger partial charge is 0.270 e. The molecule has 3 heterocycles. The lowest BCUT2D eigenvalue weighted by Crippen LogP contribution is -2.25. The number of rotatable bonds is 7. The van der Waals surface area contributed by atoms with Crippen LogP contribution in [0, 0.1) is 5.82 Å². The van der Waals surface area contributed by atoms with E-state index in [1.54, 1.807) is 17.0 Å². The second-order valence-electron chi connectivity index (χ2n) is 9.64. The molecule has 0 spiro atoms. The van der Waals surface area contributed by atoms with Gasteiger partial charge in [-0.05, 0) is 55.4 Å². The van der Waals surface area contributed by atoms with E-state index < -0.39 is 11.7 Å². The maximum absolute atomic E-state index is 15.6. The van der Waals surface area contributed by atoms with Crippen LogP contribution in [-0.4, -0.2) is 29.0 Å². The van der Waals surface area contributed by atoms with E-state index in [2.05, 4.69) is 9.97 Å². The number of aromatic nitrogens is 2. The summed E-state index contributed by atoms with van der Waals surface area (Å²) in [6, 6.07) is 14.0. The zero-order valence-electron chi connectivity index (χ0n) is 20.3. The molecule has 8 heteroatoms. The molecule has 2 aromatic carbocycles. The molecule has 188 valence electrons. The average Bonchev–Trinajstić information content (AvgIpc) is 3.52. The van der Waals surface area contributed by atoms with Crippen molar-refractivity contribution < 1.29 is 18.0 Å². The summed E-state index contributed by atoms with van der Waals surface area (Å²) in [7, 11) is 0. The maximum atomic E-state index is 15.6. The van der Waals surface area contributed by atoms with E-state index in [1.807, 2.05) is 29.2 Å². The van der Waals surface area contributed by atoms with Gasteiger partial charge in [-0.15, -0.1) is 0 Å². The molecule has 2 aliphatic heterocycles. The lowest BCUT2D eigenvalue weighted by molar-refractivity contribution is -0.117. The number of benzene rings is 2. The molecule has 0 N–H and O–H groups in total. The van der Waals surface area contributed by atoms with Gasteiger partial charge in [0, 0.05) is 37.7 Å². The van der Waals surface area contributed by atoms with Crippen LogP contribution in [0.5, 0.6) is 0 Å². The second-order valence-corrected chi connectivity index (χ2v) is 9.64. The van der Waals surface area contributed by atoms with E-state index >= 15 is 4.39 Å². The highest BCUT2D eigenvalue weighted by Crippen LogP contribution is 2.38. The van der Waals surface area contributed by atoms with E-state index in [9.17, 15) is 13.6 Å². The Labute approximate surface area is 209 Å². The summed E-state index contributed by atoms with van der Waals surface area (Å²) in [6.07, 6.45) is 5.47. The fourth-order valence-corrected chi connectivity index (χ4v) is 5.20. The molecular weight excluding hydrogens is 465 g/mol. The van der Waals surface area contributed by atoms with Gasteiger partial charge in [0.1, 0.15) is 6.33 Å². The number of alkyl halides is 2. The number of halogens is 3. The quantitative estimate of drug-likeness (QED) is 0.405. The first-order chi connectivity index (χ1) is 17.3. The monoisotopic (exact) mass is 494 g/mol. The van der Waals surface area contributed by atoms with Crippen LogP contribution >= 0.6 is 0 Å². The second kappa shape index (κ2) is 9.91. The third-order valence-corrected chi connectivity index (χ3v) is 7.12. The molecule has 1 atom stereocenters. The van der Waals surface area contributed by atoms with Gasteiger partial charge in [-0.3, -0.25) is 4.79 Å². The van der Waals surface area contributed by atoms with Gasteiger partial charge in [-0.25, -0.2) is 23.1 Å². The Morgan fingerprint density at radius 3 is 2.56 bits per heavy atom. The van der Waals surface area contributed by atoms with E-state index in [4.69, 9.17) is 0 Å². The molecule has 1 unspecified atom stereocenters. The van der Waals surface area contributed by atoms with Crippen LogP contribution in [-0.2, 0) is 23.6 Å². The highest BCUT2D eigenvalue weighted by Gasteiger charge is 2.31. The topological polar surface area (TPSA) is 49.3 Å². The summed E-state index contributed by atoms with van der Waals surface area (Å²) in [5, 5.41) is 0. The third-order valence-electron chi connectivity index (χ3n) is 7.12. The van der Waals surface area contributed by atoms with Gasteiger partial charge in [-0.2, -0.15) is 0 Å².